The van der Waals surface area contributed by atoms with Gasteiger partial charge in [0, 0.05) is 5.57 Å². The van der Waals surface area contributed by atoms with Gasteiger partial charge in [-0.15, -0.1) is 0 Å². The molecule has 2 aliphatic carbocycles. The number of amides is 1. The van der Waals surface area contributed by atoms with Crippen LogP contribution in [0.4, 0.5) is 0 Å². The van der Waals surface area contributed by atoms with Crippen molar-refractivity contribution in [2.45, 2.75) is 40.0 Å². The van der Waals surface area contributed by atoms with E-state index >= 15 is 0 Å². The summed E-state index contributed by atoms with van der Waals surface area (Å²) >= 11 is 0. The summed E-state index contributed by atoms with van der Waals surface area (Å²) in [6, 6.07) is 0. The fourth-order valence-electron chi connectivity index (χ4n) is 3.26. The van der Waals surface area contributed by atoms with Crippen molar-refractivity contribution in [2.24, 2.45) is 17.3 Å². The topological polar surface area (TPSA) is 55.4 Å². The lowest BCUT2D eigenvalue weighted by molar-refractivity contribution is -0.158. The molecule has 1 fully saturated rings. The first-order chi connectivity index (χ1) is 8.86. The van der Waals surface area contributed by atoms with Gasteiger partial charge in [-0.2, -0.15) is 5.48 Å². The van der Waals surface area contributed by atoms with E-state index < -0.39 is 11.4 Å². The first-order valence-corrected chi connectivity index (χ1v) is 6.76. The van der Waals surface area contributed by atoms with Crippen LogP contribution >= 0.6 is 0 Å². The highest BCUT2D eigenvalue weighted by Crippen LogP contribution is 2.56. The van der Waals surface area contributed by atoms with E-state index in [0.29, 0.717) is 11.8 Å². The molecular formula is C15H21NO3. The first kappa shape index (κ1) is 13.8. The van der Waals surface area contributed by atoms with Crippen molar-refractivity contribution in [1.29, 1.82) is 0 Å². The molecule has 104 valence electrons. The van der Waals surface area contributed by atoms with Crippen molar-refractivity contribution < 1.29 is 14.4 Å². The van der Waals surface area contributed by atoms with Gasteiger partial charge >= 0.3 is 5.97 Å². The molecule has 1 amide bonds. The number of hydrogen-bond donors (Lipinski definition) is 1. The van der Waals surface area contributed by atoms with Crippen molar-refractivity contribution >= 4 is 11.9 Å². The van der Waals surface area contributed by atoms with Crippen LogP contribution in [0, 0.1) is 17.3 Å². The van der Waals surface area contributed by atoms with Crippen LogP contribution in [0.5, 0.6) is 0 Å². The lowest BCUT2D eigenvalue weighted by Gasteiger charge is -2.30. The fourth-order valence-corrected chi connectivity index (χ4v) is 3.26. The molecule has 2 unspecified atom stereocenters. The van der Waals surface area contributed by atoms with Crippen molar-refractivity contribution in [3.8, 4) is 0 Å². The smallest absolute Gasteiger partial charge is 0.336 e. The van der Waals surface area contributed by atoms with Crippen LogP contribution < -0.4 is 5.48 Å². The SMILES string of the molecule is C=C(C)C(=O)ONC(=O)C12CCC(C=C1C(C)C)C2. The summed E-state index contributed by atoms with van der Waals surface area (Å²) in [4.78, 5) is 28.5. The third-order valence-electron chi connectivity index (χ3n) is 4.16. The van der Waals surface area contributed by atoms with E-state index in [1.807, 2.05) is 0 Å². The average Bonchev–Trinajstić information content (AvgIpc) is 2.94. The van der Waals surface area contributed by atoms with Gasteiger partial charge in [-0.25, -0.2) is 4.79 Å². The molecule has 1 saturated carbocycles. The number of hydroxylamine groups is 1. The number of carbonyl (C=O) groups excluding carboxylic acids is 2. The molecule has 0 aromatic rings. The van der Waals surface area contributed by atoms with Gasteiger partial charge in [0.2, 0.25) is 0 Å². The van der Waals surface area contributed by atoms with E-state index in [2.05, 4.69) is 32.0 Å². The Morgan fingerprint density at radius 1 is 1.53 bits per heavy atom. The second-order valence-corrected chi connectivity index (χ2v) is 5.96. The van der Waals surface area contributed by atoms with E-state index in [0.717, 1.165) is 19.3 Å². The Hall–Kier alpha value is -1.58. The quantitative estimate of drug-likeness (QED) is 0.483. The Bertz CT molecular complexity index is 464. The third kappa shape index (κ3) is 2.31. The molecule has 0 aliphatic heterocycles. The zero-order chi connectivity index (χ0) is 14.2. The standard InChI is InChI=1S/C15H21NO3/c1-9(2)12-7-11-5-6-15(12,8-11)14(18)16-19-13(17)10(3)4/h7,9,11H,3,5-6,8H2,1-2,4H3,(H,16,18). The maximum Gasteiger partial charge on any atom is 0.358 e. The predicted octanol–water partition coefficient (Wildman–Crippen LogP) is 2.52. The number of rotatable bonds is 3. The molecule has 19 heavy (non-hydrogen) atoms. The highest BCUT2D eigenvalue weighted by atomic mass is 16.7. The average molecular weight is 263 g/mol. The molecule has 0 radical (unpaired) electrons. The summed E-state index contributed by atoms with van der Waals surface area (Å²) in [5, 5.41) is 0. The number of carbonyl (C=O) groups is 2. The van der Waals surface area contributed by atoms with Gasteiger partial charge in [0.05, 0.1) is 5.41 Å². The summed E-state index contributed by atoms with van der Waals surface area (Å²) in [5.41, 5.74) is 3.31. The summed E-state index contributed by atoms with van der Waals surface area (Å²) in [6.07, 6.45) is 4.96. The second-order valence-electron chi connectivity index (χ2n) is 5.96. The summed E-state index contributed by atoms with van der Waals surface area (Å²) in [6.45, 7) is 9.23. The molecule has 0 aromatic heterocycles. The van der Waals surface area contributed by atoms with Gasteiger partial charge < -0.3 is 4.84 Å². The molecule has 0 spiro atoms. The van der Waals surface area contributed by atoms with Crippen molar-refractivity contribution in [2.75, 3.05) is 0 Å². The lowest BCUT2D eigenvalue weighted by atomic mass is 9.75. The van der Waals surface area contributed by atoms with Gasteiger partial charge in [0.1, 0.15) is 0 Å². The van der Waals surface area contributed by atoms with Crippen molar-refractivity contribution in [1.82, 2.24) is 5.48 Å². The van der Waals surface area contributed by atoms with Crippen LogP contribution in [0.2, 0.25) is 0 Å². The lowest BCUT2D eigenvalue weighted by Crippen LogP contribution is -2.41. The molecule has 2 bridgehead atoms. The van der Waals surface area contributed by atoms with Crippen molar-refractivity contribution in [3.05, 3.63) is 23.8 Å². The Morgan fingerprint density at radius 2 is 2.21 bits per heavy atom. The van der Waals surface area contributed by atoms with E-state index in [1.165, 1.54) is 5.57 Å². The summed E-state index contributed by atoms with van der Waals surface area (Å²) < 4.78 is 0. The summed E-state index contributed by atoms with van der Waals surface area (Å²) in [7, 11) is 0. The maximum atomic E-state index is 12.4. The van der Waals surface area contributed by atoms with E-state index in [-0.39, 0.29) is 11.5 Å². The molecule has 2 atom stereocenters. The van der Waals surface area contributed by atoms with E-state index in [9.17, 15) is 9.59 Å². The third-order valence-corrected chi connectivity index (χ3v) is 4.16. The fraction of sp³-hybridized carbons (Fsp3) is 0.600. The monoisotopic (exact) mass is 263 g/mol. The number of fused-ring (bicyclic) bond motifs is 2. The molecule has 4 heteroatoms. The Labute approximate surface area is 113 Å². The molecule has 2 rings (SSSR count). The van der Waals surface area contributed by atoms with Gasteiger partial charge in [0.15, 0.2) is 0 Å². The maximum absolute atomic E-state index is 12.4. The molecular weight excluding hydrogens is 242 g/mol. The molecule has 0 saturated heterocycles. The van der Waals surface area contributed by atoms with Crippen LogP contribution in [-0.2, 0) is 14.4 Å². The minimum atomic E-state index is -0.590. The van der Waals surface area contributed by atoms with Crippen LogP contribution in [0.15, 0.2) is 23.8 Å². The predicted molar refractivity (Wildman–Crippen MR) is 71.7 cm³/mol. The summed E-state index contributed by atoms with van der Waals surface area (Å²) in [5.74, 6) is 0.0577. The zero-order valence-corrected chi connectivity index (χ0v) is 11.8. The Balaban J connectivity index is 2.08. The number of hydrogen-bond acceptors (Lipinski definition) is 3. The first-order valence-electron chi connectivity index (χ1n) is 6.76. The molecule has 0 heterocycles. The van der Waals surface area contributed by atoms with Crippen LogP contribution in [0.3, 0.4) is 0 Å². The van der Waals surface area contributed by atoms with Crippen molar-refractivity contribution in [3.63, 3.8) is 0 Å². The number of allylic oxidation sites excluding steroid dienone is 1. The zero-order valence-electron chi connectivity index (χ0n) is 11.8. The van der Waals surface area contributed by atoms with Crippen LogP contribution in [-0.4, -0.2) is 11.9 Å². The normalized spacial score (nSPS) is 28.2. The number of nitrogens with one attached hydrogen (secondary N) is 1. The Kier molecular flexibility index (Phi) is 3.52. The molecule has 2 aliphatic rings. The molecule has 0 aromatic carbocycles. The van der Waals surface area contributed by atoms with Crippen LogP contribution in [0.1, 0.15) is 40.0 Å². The largest absolute Gasteiger partial charge is 0.358 e. The minimum Gasteiger partial charge on any atom is -0.336 e. The van der Waals surface area contributed by atoms with E-state index in [4.69, 9.17) is 4.84 Å². The highest BCUT2D eigenvalue weighted by Gasteiger charge is 2.52. The van der Waals surface area contributed by atoms with Gasteiger partial charge in [-0.1, -0.05) is 32.1 Å². The van der Waals surface area contributed by atoms with E-state index in [1.54, 1.807) is 6.92 Å². The molecule has 1 N–H and O–H groups in total. The minimum absolute atomic E-state index is 0.193. The second kappa shape index (κ2) is 4.83. The van der Waals surface area contributed by atoms with Gasteiger partial charge in [0.25, 0.3) is 5.91 Å². The highest BCUT2D eigenvalue weighted by molar-refractivity contribution is 5.91. The Morgan fingerprint density at radius 3 is 2.74 bits per heavy atom. The van der Waals surface area contributed by atoms with Gasteiger partial charge in [-0.3, -0.25) is 4.79 Å². The molecule has 4 nitrogen and oxygen atoms in total. The van der Waals surface area contributed by atoms with Gasteiger partial charge in [-0.05, 0) is 38.0 Å². The van der Waals surface area contributed by atoms with Crippen LogP contribution in [0.25, 0.3) is 0 Å².